The molecule has 190 valence electrons. The highest BCUT2D eigenvalue weighted by Gasteiger charge is 2.13. The van der Waals surface area contributed by atoms with Crippen molar-refractivity contribution in [3.63, 3.8) is 0 Å². The Morgan fingerprint density at radius 3 is 1.59 bits per heavy atom. The Morgan fingerprint density at radius 2 is 1.11 bits per heavy atom. The number of benzene rings is 4. The second kappa shape index (κ2) is 16.2. The van der Waals surface area contributed by atoms with E-state index in [-0.39, 0.29) is 0 Å². The third-order valence-electron chi connectivity index (χ3n) is 5.46. The van der Waals surface area contributed by atoms with E-state index in [1.807, 2.05) is 58.9 Å². The van der Waals surface area contributed by atoms with Crippen LogP contribution in [0.4, 0.5) is 17.1 Å². The number of hydrogen-bond acceptors (Lipinski definition) is 1. The maximum Gasteiger partial charge on any atom is 0.0462 e. The average Bonchev–Trinajstić information content (AvgIpc) is 2.98. The molecule has 0 aromatic heterocycles. The van der Waals surface area contributed by atoms with Gasteiger partial charge >= 0.3 is 0 Å². The first kappa shape index (κ1) is 29.6. The SMILES string of the molecule is C=C/C(=C\C=C/C)c1ccc(N(c2ccc(Br)cc2)c2ccc(-c3ccccc3)cc2)cc1.CC.CC. The second-order valence-corrected chi connectivity index (χ2v) is 8.54. The Hall–Kier alpha value is -3.62. The fourth-order valence-corrected chi connectivity index (χ4v) is 4.02. The summed E-state index contributed by atoms with van der Waals surface area (Å²) in [5.74, 6) is 0. The molecule has 0 radical (unpaired) electrons. The molecule has 37 heavy (non-hydrogen) atoms. The number of halogens is 1. The molecule has 0 heterocycles. The fourth-order valence-electron chi connectivity index (χ4n) is 3.76. The largest absolute Gasteiger partial charge is 0.311 e. The standard InChI is InChI=1S/C31H26BrN.2C2H6/c1-3-5-9-24(4-2)26-12-18-29(19-13-26)33(31-22-16-28(32)17-23-31)30-20-14-27(15-21-30)25-10-7-6-8-11-25;2*1-2/h3-23H,2H2,1H3;2*1-2H3/b5-3-,24-9+;;. The van der Waals surface area contributed by atoms with E-state index in [4.69, 9.17) is 0 Å². The lowest BCUT2D eigenvalue weighted by molar-refractivity contribution is 1.28. The first-order chi connectivity index (χ1) is 18.2. The van der Waals surface area contributed by atoms with Gasteiger partial charge in [-0.15, -0.1) is 0 Å². The molecule has 0 fully saturated rings. The summed E-state index contributed by atoms with van der Waals surface area (Å²) < 4.78 is 1.06. The van der Waals surface area contributed by atoms with Gasteiger partial charge in [-0.2, -0.15) is 0 Å². The maximum absolute atomic E-state index is 3.97. The second-order valence-electron chi connectivity index (χ2n) is 7.62. The highest BCUT2D eigenvalue weighted by atomic mass is 79.9. The summed E-state index contributed by atoms with van der Waals surface area (Å²) in [6.45, 7) is 14.0. The number of hydrogen-bond donors (Lipinski definition) is 0. The molecule has 2 heteroatoms. The summed E-state index contributed by atoms with van der Waals surface area (Å²) >= 11 is 3.56. The molecule has 0 atom stereocenters. The Morgan fingerprint density at radius 1 is 0.649 bits per heavy atom. The van der Waals surface area contributed by atoms with E-state index in [0.29, 0.717) is 0 Å². The first-order valence-electron chi connectivity index (χ1n) is 13.0. The quantitative estimate of drug-likeness (QED) is 0.206. The van der Waals surface area contributed by atoms with Crippen LogP contribution < -0.4 is 4.90 Å². The Kier molecular flexibility index (Phi) is 13.0. The lowest BCUT2D eigenvalue weighted by Crippen LogP contribution is -2.09. The van der Waals surface area contributed by atoms with Gasteiger partial charge in [0, 0.05) is 21.5 Å². The Balaban J connectivity index is 0.00000115. The summed E-state index contributed by atoms with van der Waals surface area (Å²) in [4.78, 5) is 2.27. The van der Waals surface area contributed by atoms with Crippen molar-refractivity contribution in [2.45, 2.75) is 34.6 Å². The minimum absolute atomic E-state index is 1.06. The zero-order chi connectivity index (χ0) is 27.0. The van der Waals surface area contributed by atoms with Crippen LogP contribution in [0.25, 0.3) is 16.7 Å². The van der Waals surface area contributed by atoms with Crippen LogP contribution in [0.1, 0.15) is 40.2 Å². The Labute approximate surface area is 232 Å². The van der Waals surface area contributed by atoms with E-state index in [1.54, 1.807) is 0 Å². The molecule has 0 N–H and O–H groups in total. The molecule has 0 spiro atoms. The summed E-state index contributed by atoms with van der Waals surface area (Å²) in [6.07, 6.45) is 8.03. The van der Waals surface area contributed by atoms with Crippen LogP contribution in [0.3, 0.4) is 0 Å². The van der Waals surface area contributed by atoms with Crippen molar-refractivity contribution in [2.75, 3.05) is 4.90 Å². The van der Waals surface area contributed by atoms with E-state index in [9.17, 15) is 0 Å². The predicted octanol–water partition coefficient (Wildman–Crippen LogP) is 11.8. The minimum atomic E-state index is 1.06. The summed E-state index contributed by atoms with van der Waals surface area (Å²) in [5, 5.41) is 0. The van der Waals surface area contributed by atoms with E-state index >= 15 is 0 Å². The van der Waals surface area contributed by atoms with Crippen LogP contribution in [-0.4, -0.2) is 0 Å². The summed E-state index contributed by atoms with van der Waals surface area (Å²) in [6, 6.07) is 36.2. The zero-order valence-electron chi connectivity index (χ0n) is 22.7. The lowest BCUT2D eigenvalue weighted by atomic mass is 10.0. The maximum atomic E-state index is 3.97. The predicted molar refractivity (Wildman–Crippen MR) is 170 cm³/mol. The van der Waals surface area contributed by atoms with Crippen molar-refractivity contribution in [3.8, 4) is 11.1 Å². The first-order valence-corrected chi connectivity index (χ1v) is 13.8. The van der Waals surface area contributed by atoms with Crippen molar-refractivity contribution in [1.82, 2.24) is 0 Å². The third kappa shape index (κ3) is 8.20. The van der Waals surface area contributed by atoms with Crippen molar-refractivity contribution < 1.29 is 0 Å². The molecule has 0 saturated heterocycles. The van der Waals surface area contributed by atoms with Crippen molar-refractivity contribution >= 4 is 38.6 Å². The smallest absolute Gasteiger partial charge is 0.0462 e. The zero-order valence-corrected chi connectivity index (χ0v) is 24.2. The van der Waals surface area contributed by atoms with Crippen LogP contribution in [0, 0.1) is 0 Å². The molecule has 0 amide bonds. The van der Waals surface area contributed by atoms with Gasteiger partial charge in [0.25, 0.3) is 0 Å². The Bertz CT molecular complexity index is 1250. The molecule has 0 bridgehead atoms. The minimum Gasteiger partial charge on any atom is -0.311 e. The van der Waals surface area contributed by atoms with Gasteiger partial charge in [0.1, 0.15) is 0 Å². The molecule has 0 aliphatic heterocycles. The number of rotatable bonds is 7. The van der Waals surface area contributed by atoms with Crippen LogP contribution in [0.15, 0.2) is 138 Å². The third-order valence-corrected chi connectivity index (χ3v) is 5.99. The van der Waals surface area contributed by atoms with E-state index in [2.05, 4.69) is 131 Å². The van der Waals surface area contributed by atoms with Gasteiger partial charge < -0.3 is 4.90 Å². The fraction of sp³-hybridized carbons (Fsp3) is 0.143. The molecule has 0 unspecified atom stereocenters. The molecule has 0 aliphatic carbocycles. The monoisotopic (exact) mass is 551 g/mol. The van der Waals surface area contributed by atoms with Gasteiger partial charge in [-0.3, -0.25) is 0 Å². The molecule has 0 saturated carbocycles. The number of nitrogens with zero attached hydrogens (tertiary/aromatic N) is 1. The number of anilines is 3. The van der Waals surface area contributed by atoms with Gasteiger partial charge in [-0.05, 0) is 77.7 Å². The molecule has 0 aliphatic rings. The lowest BCUT2D eigenvalue weighted by Gasteiger charge is -2.26. The van der Waals surface area contributed by atoms with Crippen molar-refractivity contribution in [2.24, 2.45) is 0 Å². The van der Waals surface area contributed by atoms with Crippen LogP contribution >= 0.6 is 15.9 Å². The number of allylic oxidation sites excluding steroid dienone is 5. The highest BCUT2D eigenvalue weighted by molar-refractivity contribution is 9.10. The van der Waals surface area contributed by atoms with Crippen molar-refractivity contribution in [3.05, 3.63) is 144 Å². The molecule has 4 aromatic rings. The van der Waals surface area contributed by atoms with Gasteiger partial charge in [0.2, 0.25) is 0 Å². The molecule has 1 nitrogen and oxygen atoms in total. The topological polar surface area (TPSA) is 3.24 Å². The average molecular weight is 553 g/mol. The van der Waals surface area contributed by atoms with Gasteiger partial charge in [-0.25, -0.2) is 0 Å². The van der Waals surface area contributed by atoms with E-state index in [1.165, 1.54) is 11.1 Å². The molecular weight excluding hydrogens is 514 g/mol. The van der Waals surface area contributed by atoms with Crippen LogP contribution in [0.2, 0.25) is 0 Å². The summed E-state index contributed by atoms with van der Waals surface area (Å²) in [5.41, 5.74) is 7.97. The van der Waals surface area contributed by atoms with Gasteiger partial charge in [0.15, 0.2) is 0 Å². The molecule has 4 aromatic carbocycles. The summed E-state index contributed by atoms with van der Waals surface area (Å²) in [7, 11) is 0. The highest BCUT2D eigenvalue weighted by Crippen LogP contribution is 2.36. The van der Waals surface area contributed by atoms with Crippen molar-refractivity contribution in [1.29, 1.82) is 0 Å². The van der Waals surface area contributed by atoms with E-state index in [0.717, 1.165) is 32.7 Å². The van der Waals surface area contributed by atoms with Gasteiger partial charge in [-0.1, -0.05) is 129 Å². The normalized spacial score (nSPS) is 10.6. The molecule has 4 rings (SSSR count). The van der Waals surface area contributed by atoms with E-state index < -0.39 is 0 Å². The van der Waals surface area contributed by atoms with Crippen LogP contribution in [-0.2, 0) is 0 Å². The van der Waals surface area contributed by atoms with Crippen LogP contribution in [0.5, 0.6) is 0 Å². The molecular formula is C35H38BrN. The van der Waals surface area contributed by atoms with Gasteiger partial charge in [0.05, 0.1) is 0 Å².